The Balaban J connectivity index is 1.77. The number of hydrogen-bond acceptors (Lipinski definition) is 5. The van der Waals surface area contributed by atoms with Gasteiger partial charge in [-0.1, -0.05) is 65.3 Å². The quantitative estimate of drug-likeness (QED) is 0.828. The predicted octanol–water partition coefficient (Wildman–Crippen LogP) is 2.57. The zero-order valence-corrected chi connectivity index (χ0v) is 15.4. The van der Waals surface area contributed by atoms with E-state index in [9.17, 15) is 9.59 Å². The van der Waals surface area contributed by atoms with E-state index in [1.807, 2.05) is 30.3 Å². The van der Waals surface area contributed by atoms with E-state index in [1.54, 1.807) is 30.3 Å². The molecule has 3 rings (SSSR count). The van der Waals surface area contributed by atoms with Crippen LogP contribution in [0.2, 0.25) is 0 Å². The maximum atomic E-state index is 13.0. The summed E-state index contributed by atoms with van der Waals surface area (Å²) in [6.07, 6.45) is 0.209. The highest BCUT2D eigenvalue weighted by atomic mass is 35.5. The van der Waals surface area contributed by atoms with Crippen LogP contribution in [0.25, 0.3) is 0 Å². The largest absolute Gasteiger partial charge is 0.389 e. The minimum absolute atomic E-state index is 0.0365. The molecule has 2 atom stereocenters. The van der Waals surface area contributed by atoms with Gasteiger partial charge in [0.05, 0.1) is 12.6 Å². The molecular formula is C20H20ClN3O3. The van der Waals surface area contributed by atoms with Crippen LogP contribution in [0.5, 0.6) is 0 Å². The zero-order valence-electron chi connectivity index (χ0n) is 14.6. The van der Waals surface area contributed by atoms with E-state index in [-0.39, 0.29) is 6.54 Å². The third-order valence-electron chi connectivity index (χ3n) is 4.23. The Morgan fingerprint density at radius 3 is 2.37 bits per heavy atom. The summed E-state index contributed by atoms with van der Waals surface area (Å²) in [5.74, 6) is -0.880. The molecule has 1 unspecified atom stereocenters. The summed E-state index contributed by atoms with van der Waals surface area (Å²) < 4.78 is 0. The van der Waals surface area contributed by atoms with Crippen molar-refractivity contribution in [2.45, 2.75) is 25.0 Å². The van der Waals surface area contributed by atoms with Gasteiger partial charge in [0.25, 0.3) is 5.91 Å². The summed E-state index contributed by atoms with van der Waals surface area (Å²) in [5.41, 5.74) is 7.46. The van der Waals surface area contributed by atoms with E-state index in [0.29, 0.717) is 23.6 Å². The molecule has 0 spiro atoms. The summed E-state index contributed by atoms with van der Waals surface area (Å²) in [5, 5.41) is 3.99. The van der Waals surface area contributed by atoms with Gasteiger partial charge in [-0.05, 0) is 24.1 Å². The van der Waals surface area contributed by atoms with E-state index in [0.717, 1.165) is 10.5 Å². The van der Waals surface area contributed by atoms with Gasteiger partial charge < -0.3 is 10.6 Å². The number of oxime groups is 1. The molecule has 1 aliphatic rings. The van der Waals surface area contributed by atoms with Crippen LogP contribution in [0.1, 0.15) is 22.3 Å². The second-order valence-electron chi connectivity index (χ2n) is 6.32. The lowest BCUT2D eigenvalue weighted by atomic mass is 10.0. The Labute approximate surface area is 162 Å². The van der Waals surface area contributed by atoms with Crippen molar-refractivity contribution in [2.75, 3.05) is 6.54 Å². The number of hydrogen-bond donors (Lipinski definition) is 1. The summed E-state index contributed by atoms with van der Waals surface area (Å²) in [7, 11) is 0. The fraction of sp³-hybridized carbons (Fsp3) is 0.250. The molecule has 1 heterocycles. The van der Waals surface area contributed by atoms with Gasteiger partial charge in [0.2, 0.25) is 5.91 Å². The summed E-state index contributed by atoms with van der Waals surface area (Å²) >= 11 is 5.85. The fourth-order valence-corrected chi connectivity index (χ4v) is 3.07. The van der Waals surface area contributed by atoms with E-state index in [1.165, 1.54) is 0 Å². The Hall–Kier alpha value is -2.70. The van der Waals surface area contributed by atoms with Gasteiger partial charge >= 0.3 is 0 Å². The third kappa shape index (κ3) is 4.93. The lowest BCUT2D eigenvalue weighted by molar-refractivity contribution is -0.131. The van der Waals surface area contributed by atoms with Crippen LogP contribution in [0.15, 0.2) is 65.8 Å². The van der Waals surface area contributed by atoms with Crippen LogP contribution in [0, 0.1) is 0 Å². The van der Waals surface area contributed by atoms with Crippen LogP contribution < -0.4 is 5.73 Å². The second-order valence-corrected chi connectivity index (χ2v) is 6.75. The van der Waals surface area contributed by atoms with Crippen LogP contribution in [0.4, 0.5) is 0 Å². The summed E-state index contributed by atoms with van der Waals surface area (Å²) in [4.78, 5) is 32.3. The molecule has 1 aliphatic heterocycles. The van der Waals surface area contributed by atoms with Crippen molar-refractivity contribution in [2.24, 2.45) is 10.9 Å². The molecule has 6 nitrogen and oxygen atoms in total. The van der Waals surface area contributed by atoms with Gasteiger partial charge in [0, 0.05) is 12.0 Å². The molecule has 27 heavy (non-hydrogen) atoms. The van der Waals surface area contributed by atoms with Gasteiger partial charge in [0.1, 0.15) is 5.17 Å². The van der Waals surface area contributed by atoms with Crippen LogP contribution in [-0.4, -0.2) is 40.6 Å². The number of amides is 2. The van der Waals surface area contributed by atoms with Gasteiger partial charge in [-0.25, -0.2) is 0 Å². The Bertz CT molecular complexity index is 827. The highest BCUT2D eigenvalue weighted by Gasteiger charge is 2.32. The SMILES string of the molecule is N[C@@H](Cc1ccccc1)C(=O)N(CC1CC(Cl)=NO1)C(=O)c1ccccc1. The topological polar surface area (TPSA) is 85.0 Å². The number of nitrogens with two attached hydrogens (primary N) is 1. The Kier molecular flexibility index (Phi) is 6.21. The lowest BCUT2D eigenvalue weighted by Crippen LogP contribution is -2.50. The van der Waals surface area contributed by atoms with Crippen LogP contribution >= 0.6 is 11.6 Å². The average Bonchev–Trinajstić information content (AvgIpc) is 3.11. The number of carbonyl (C=O) groups is 2. The molecule has 7 heteroatoms. The van der Waals surface area contributed by atoms with Gasteiger partial charge in [-0.2, -0.15) is 0 Å². The predicted molar refractivity (Wildman–Crippen MR) is 103 cm³/mol. The van der Waals surface area contributed by atoms with Gasteiger partial charge in [-0.3, -0.25) is 14.5 Å². The number of carbonyl (C=O) groups excluding carboxylic acids is 2. The van der Waals surface area contributed by atoms with E-state index < -0.39 is 24.0 Å². The minimum Gasteiger partial charge on any atom is -0.389 e. The van der Waals surface area contributed by atoms with Crippen LogP contribution in [-0.2, 0) is 16.1 Å². The van der Waals surface area contributed by atoms with Crippen molar-refractivity contribution in [1.29, 1.82) is 0 Å². The molecule has 0 saturated carbocycles. The lowest BCUT2D eigenvalue weighted by Gasteiger charge is -2.26. The average molecular weight is 386 g/mol. The molecule has 0 fully saturated rings. The molecule has 2 amide bonds. The molecule has 0 bridgehead atoms. The minimum atomic E-state index is -0.849. The normalized spacial score (nSPS) is 17.0. The standard InChI is InChI=1S/C20H20ClN3O3/c21-18-12-16(27-23-18)13-24(19(25)15-9-5-2-6-10-15)20(26)17(22)11-14-7-3-1-4-8-14/h1-10,16-17H,11-13,22H2/t16?,17-/m0/s1. The molecular weight excluding hydrogens is 366 g/mol. The molecule has 0 radical (unpaired) electrons. The number of halogens is 1. The molecule has 2 aromatic rings. The van der Waals surface area contributed by atoms with Gasteiger partial charge in [-0.15, -0.1) is 0 Å². The zero-order chi connectivity index (χ0) is 19.2. The smallest absolute Gasteiger partial charge is 0.260 e. The Morgan fingerprint density at radius 1 is 1.15 bits per heavy atom. The molecule has 2 N–H and O–H groups in total. The number of rotatable bonds is 6. The second kappa shape index (κ2) is 8.79. The maximum absolute atomic E-state index is 13.0. The van der Waals surface area contributed by atoms with Crippen molar-refractivity contribution in [3.05, 3.63) is 71.8 Å². The fourth-order valence-electron chi connectivity index (χ4n) is 2.86. The van der Waals surface area contributed by atoms with Crippen molar-refractivity contribution >= 4 is 28.6 Å². The van der Waals surface area contributed by atoms with Crippen molar-refractivity contribution in [1.82, 2.24) is 4.90 Å². The highest BCUT2D eigenvalue weighted by Crippen LogP contribution is 2.17. The summed E-state index contributed by atoms with van der Waals surface area (Å²) in [6, 6.07) is 17.2. The van der Waals surface area contributed by atoms with E-state index in [2.05, 4.69) is 5.16 Å². The Morgan fingerprint density at radius 2 is 1.78 bits per heavy atom. The van der Waals surface area contributed by atoms with E-state index >= 15 is 0 Å². The molecule has 2 aromatic carbocycles. The molecule has 0 aromatic heterocycles. The highest BCUT2D eigenvalue weighted by molar-refractivity contribution is 6.65. The monoisotopic (exact) mass is 385 g/mol. The number of nitrogens with zero attached hydrogens (tertiary/aromatic N) is 2. The summed E-state index contributed by atoms with van der Waals surface area (Å²) in [6.45, 7) is 0.0365. The van der Waals surface area contributed by atoms with Gasteiger partial charge in [0.15, 0.2) is 6.10 Å². The number of benzene rings is 2. The third-order valence-corrected chi connectivity index (χ3v) is 4.45. The first-order valence-corrected chi connectivity index (χ1v) is 9.01. The molecule has 0 aliphatic carbocycles. The molecule has 140 valence electrons. The number of imide groups is 1. The molecule has 0 saturated heterocycles. The first-order chi connectivity index (χ1) is 13.0. The first-order valence-electron chi connectivity index (χ1n) is 8.63. The van der Waals surface area contributed by atoms with Crippen LogP contribution in [0.3, 0.4) is 0 Å². The van der Waals surface area contributed by atoms with E-state index in [4.69, 9.17) is 22.2 Å². The first kappa shape index (κ1) is 19.1. The maximum Gasteiger partial charge on any atom is 0.260 e. The van der Waals surface area contributed by atoms with Crippen molar-refractivity contribution < 1.29 is 14.4 Å². The van der Waals surface area contributed by atoms with Crippen molar-refractivity contribution in [3.63, 3.8) is 0 Å². The van der Waals surface area contributed by atoms with Crippen molar-refractivity contribution in [3.8, 4) is 0 Å².